The Bertz CT molecular complexity index is 1310. The van der Waals surface area contributed by atoms with Gasteiger partial charge in [-0.25, -0.2) is 9.99 Å². The van der Waals surface area contributed by atoms with E-state index in [2.05, 4.69) is 45.5 Å². The number of pyridine rings is 1. The van der Waals surface area contributed by atoms with Crippen molar-refractivity contribution in [2.24, 2.45) is 5.10 Å². The summed E-state index contributed by atoms with van der Waals surface area (Å²) in [6.07, 6.45) is 5.39. The molecular formula is C25H28N8O. The topological polar surface area (TPSA) is 84.6 Å². The van der Waals surface area contributed by atoms with Gasteiger partial charge in [0, 0.05) is 44.6 Å². The lowest BCUT2D eigenvalue weighted by Crippen LogP contribution is -2.37. The lowest BCUT2D eigenvalue weighted by molar-refractivity contribution is 0.122. The maximum atomic E-state index is 5.58. The van der Waals surface area contributed by atoms with Gasteiger partial charge in [-0.15, -0.1) is 0 Å². The molecule has 0 amide bonds. The number of imidazole rings is 1. The second-order valence-electron chi connectivity index (χ2n) is 8.22. The smallest absolute Gasteiger partial charge is 0.250 e. The molecule has 0 bridgehead atoms. The Morgan fingerprint density at radius 3 is 2.62 bits per heavy atom. The number of fused-ring (bicyclic) bond motifs is 1. The Morgan fingerprint density at radius 2 is 1.88 bits per heavy atom. The number of aromatic nitrogens is 5. The fourth-order valence-electron chi connectivity index (χ4n) is 4.09. The van der Waals surface area contributed by atoms with Crippen LogP contribution in [0.4, 0.5) is 11.8 Å². The molecular weight excluding hydrogens is 428 g/mol. The second-order valence-corrected chi connectivity index (χ2v) is 8.22. The molecule has 1 aliphatic heterocycles. The average molecular weight is 457 g/mol. The first kappa shape index (κ1) is 22.0. The van der Waals surface area contributed by atoms with Crippen LogP contribution in [0.15, 0.2) is 53.9 Å². The number of anilines is 2. The van der Waals surface area contributed by atoms with Crippen molar-refractivity contribution >= 4 is 29.1 Å². The Morgan fingerprint density at radius 1 is 1.09 bits per heavy atom. The summed E-state index contributed by atoms with van der Waals surface area (Å²) in [7, 11) is 1.87. The summed E-state index contributed by atoms with van der Waals surface area (Å²) in [5, 5.41) is 6.33. The van der Waals surface area contributed by atoms with E-state index in [1.54, 1.807) is 17.4 Å². The average Bonchev–Trinajstić information content (AvgIpc) is 3.26. The van der Waals surface area contributed by atoms with Crippen molar-refractivity contribution in [2.45, 2.75) is 20.4 Å². The van der Waals surface area contributed by atoms with Crippen LogP contribution in [0.3, 0.4) is 0 Å². The van der Waals surface area contributed by atoms with E-state index in [1.165, 1.54) is 5.56 Å². The van der Waals surface area contributed by atoms with Gasteiger partial charge in [0.05, 0.1) is 19.4 Å². The normalized spacial score (nSPS) is 14.3. The second kappa shape index (κ2) is 9.56. The standard InChI is InChI=1S/C25H28N8O/c1-4-33-22(20-8-10-26-11-9-20)28-21-23(32-12-14-34-15-13-32)29-25(30-24(21)33)31(3)27-17-19-7-5-6-18(2)16-19/h5-11,16-17H,4,12-15H2,1-3H3. The van der Waals surface area contributed by atoms with Gasteiger partial charge in [-0.05, 0) is 31.5 Å². The fourth-order valence-corrected chi connectivity index (χ4v) is 4.09. The van der Waals surface area contributed by atoms with Crippen molar-refractivity contribution in [1.29, 1.82) is 0 Å². The van der Waals surface area contributed by atoms with E-state index >= 15 is 0 Å². The Kier molecular flexibility index (Phi) is 6.18. The number of morpholine rings is 1. The van der Waals surface area contributed by atoms with E-state index < -0.39 is 0 Å². The SMILES string of the molecule is CCn1c(-c2ccncc2)nc2c(N3CCOCC3)nc(N(C)N=Cc3cccc(C)c3)nc21. The molecule has 0 N–H and O–H groups in total. The van der Waals surface area contributed by atoms with Gasteiger partial charge in [0.2, 0.25) is 5.95 Å². The van der Waals surface area contributed by atoms with Crippen LogP contribution in [-0.4, -0.2) is 64.1 Å². The molecule has 0 saturated carbocycles. The van der Waals surface area contributed by atoms with Crippen LogP contribution < -0.4 is 9.91 Å². The monoisotopic (exact) mass is 456 g/mol. The Balaban J connectivity index is 1.62. The molecule has 1 aliphatic rings. The van der Waals surface area contributed by atoms with Gasteiger partial charge in [-0.3, -0.25) is 4.98 Å². The van der Waals surface area contributed by atoms with Gasteiger partial charge in [-0.2, -0.15) is 15.1 Å². The molecule has 5 rings (SSSR count). The van der Waals surface area contributed by atoms with E-state index in [4.69, 9.17) is 19.7 Å². The molecule has 3 aromatic heterocycles. The Labute approximate surface area is 198 Å². The zero-order valence-electron chi connectivity index (χ0n) is 19.7. The minimum absolute atomic E-state index is 0.522. The van der Waals surface area contributed by atoms with Crippen molar-refractivity contribution in [3.05, 3.63) is 59.9 Å². The van der Waals surface area contributed by atoms with E-state index in [9.17, 15) is 0 Å². The molecule has 0 radical (unpaired) electrons. The van der Waals surface area contributed by atoms with Crippen LogP contribution in [0, 0.1) is 6.92 Å². The van der Waals surface area contributed by atoms with E-state index in [-0.39, 0.29) is 0 Å². The lowest BCUT2D eigenvalue weighted by Gasteiger charge is -2.28. The Hall–Kier alpha value is -3.85. The number of nitrogens with zero attached hydrogens (tertiary/aromatic N) is 8. The number of ether oxygens (including phenoxy) is 1. The zero-order valence-corrected chi connectivity index (χ0v) is 19.7. The molecule has 9 heteroatoms. The summed E-state index contributed by atoms with van der Waals surface area (Å²) >= 11 is 0. The summed E-state index contributed by atoms with van der Waals surface area (Å²) in [5.74, 6) is 2.18. The fraction of sp³-hybridized carbons (Fsp3) is 0.320. The van der Waals surface area contributed by atoms with Gasteiger partial charge in [0.1, 0.15) is 5.82 Å². The molecule has 0 atom stereocenters. The largest absolute Gasteiger partial charge is 0.378 e. The maximum Gasteiger partial charge on any atom is 0.250 e. The molecule has 0 unspecified atom stereocenters. The molecule has 34 heavy (non-hydrogen) atoms. The molecule has 174 valence electrons. The van der Waals surface area contributed by atoms with Crippen LogP contribution >= 0.6 is 0 Å². The number of aryl methyl sites for hydroxylation is 2. The summed E-state index contributed by atoms with van der Waals surface area (Å²) in [5.41, 5.74) is 4.79. The molecule has 4 heterocycles. The predicted molar refractivity (Wildman–Crippen MR) is 134 cm³/mol. The van der Waals surface area contributed by atoms with Crippen molar-refractivity contribution in [1.82, 2.24) is 24.5 Å². The van der Waals surface area contributed by atoms with Crippen molar-refractivity contribution in [3.63, 3.8) is 0 Å². The highest BCUT2D eigenvalue weighted by atomic mass is 16.5. The number of hydrazone groups is 1. The van der Waals surface area contributed by atoms with Crippen molar-refractivity contribution in [2.75, 3.05) is 43.3 Å². The molecule has 9 nitrogen and oxygen atoms in total. The van der Waals surface area contributed by atoms with Crippen LogP contribution in [0.5, 0.6) is 0 Å². The number of hydrogen-bond donors (Lipinski definition) is 0. The third-order valence-corrected chi connectivity index (χ3v) is 5.84. The van der Waals surface area contributed by atoms with Gasteiger partial charge in [0.25, 0.3) is 0 Å². The highest BCUT2D eigenvalue weighted by molar-refractivity contribution is 5.88. The molecule has 4 aromatic rings. The summed E-state index contributed by atoms with van der Waals surface area (Å²) < 4.78 is 7.70. The molecule has 1 saturated heterocycles. The lowest BCUT2D eigenvalue weighted by atomic mass is 10.2. The van der Waals surface area contributed by atoms with Crippen LogP contribution in [0.1, 0.15) is 18.1 Å². The van der Waals surface area contributed by atoms with E-state index in [0.29, 0.717) is 19.2 Å². The predicted octanol–water partition coefficient (Wildman–Crippen LogP) is 3.52. The number of benzene rings is 1. The summed E-state index contributed by atoms with van der Waals surface area (Å²) in [6, 6.07) is 12.1. The highest BCUT2D eigenvalue weighted by Gasteiger charge is 2.24. The number of rotatable bonds is 6. The van der Waals surface area contributed by atoms with Gasteiger partial charge in [-0.1, -0.05) is 29.8 Å². The number of hydrogen-bond acceptors (Lipinski definition) is 8. The summed E-state index contributed by atoms with van der Waals surface area (Å²) in [4.78, 5) is 21.2. The van der Waals surface area contributed by atoms with Gasteiger partial charge < -0.3 is 14.2 Å². The highest BCUT2D eigenvalue weighted by Crippen LogP contribution is 2.31. The van der Waals surface area contributed by atoms with Crippen LogP contribution in [0.2, 0.25) is 0 Å². The third kappa shape index (κ3) is 4.34. The molecule has 1 aromatic carbocycles. The van der Waals surface area contributed by atoms with Gasteiger partial charge >= 0.3 is 0 Å². The molecule has 0 aliphatic carbocycles. The zero-order chi connectivity index (χ0) is 23.5. The quantitative estimate of drug-likeness (QED) is 0.324. The first-order valence-corrected chi connectivity index (χ1v) is 11.5. The maximum absolute atomic E-state index is 5.58. The third-order valence-electron chi connectivity index (χ3n) is 5.84. The summed E-state index contributed by atoms with van der Waals surface area (Å²) in [6.45, 7) is 7.72. The van der Waals surface area contributed by atoms with Crippen LogP contribution in [0.25, 0.3) is 22.6 Å². The van der Waals surface area contributed by atoms with Crippen molar-refractivity contribution < 1.29 is 4.74 Å². The van der Waals surface area contributed by atoms with E-state index in [0.717, 1.165) is 53.6 Å². The minimum Gasteiger partial charge on any atom is -0.378 e. The van der Waals surface area contributed by atoms with Crippen molar-refractivity contribution in [3.8, 4) is 11.4 Å². The van der Waals surface area contributed by atoms with Gasteiger partial charge in [0.15, 0.2) is 17.0 Å². The van der Waals surface area contributed by atoms with Crippen LogP contribution in [-0.2, 0) is 11.3 Å². The molecule has 0 spiro atoms. The van der Waals surface area contributed by atoms with E-state index in [1.807, 2.05) is 37.5 Å². The first-order valence-electron chi connectivity index (χ1n) is 11.5. The molecule has 1 fully saturated rings. The first-order chi connectivity index (χ1) is 16.6. The minimum atomic E-state index is 0.522.